The highest BCUT2D eigenvalue weighted by atomic mass is 16.5. The van der Waals surface area contributed by atoms with Gasteiger partial charge in [-0.3, -0.25) is 0 Å². The van der Waals surface area contributed by atoms with Gasteiger partial charge in [0.05, 0.1) is 6.61 Å². The highest BCUT2D eigenvalue weighted by Gasteiger charge is 2.25. The van der Waals surface area contributed by atoms with Crippen LogP contribution in [0.25, 0.3) is 0 Å². The SMILES string of the molecule is c1nc2c(cc1C1CC1)CCO2. The summed E-state index contributed by atoms with van der Waals surface area (Å²) in [5.41, 5.74) is 2.72. The largest absolute Gasteiger partial charge is 0.477 e. The Labute approximate surface area is 71.6 Å². The van der Waals surface area contributed by atoms with E-state index in [1.807, 2.05) is 6.20 Å². The van der Waals surface area contributed by atoms with Crippen molar-refractivity contribution in [3.05, 3.63) is 23.4 Å². The van der Waals surface area contributed by atoms with Crippen molar-refractivity contribution >= 4 is 0 Å². The third-order valence-electron chi connectivity index (χ3n) is 2.61. The Morgan fingerprint density at radius 2 is 2.33 bits per heavy atom. The third-order valence-corrected chi connectivity index (χ3v) is 2.61. The standard InChI is InChI=1S/C10H11NO/c1-2-7(1)9-5-8-3-4-12-10(8)11-6-9/h5-7H,1-4H2. The van der Waals surface area contributed by atoms with E-state index in [0.717, 1.165) is 24.8 Å². The van der Waals surface area contributed by atoms with E-state index in [-0.39, 0.29) is 0 Å². The zero-order chi connectivity index (χ0) is 7.97. The summed E-state index contributed by atoms with van der Waals surface area (Å²) in [5, 5.41) is 0. The summed E-state index contributed by atoms with van der Waals surface area (Å²) in [5.74, 6) is 1.67. The quantitative estimate of drug-likeness (QED) is 0.627. The van der Waals surface area contributed by atoms with E-state index in [4.69, 9.17) is 4.74 Å². The van der Waals surface area contributed by atoms with Crippen molar-refractivity contribution in [1.82, 2.24) is 4.98 Å². The van der Waals surface area contributed by atoms with Gasteiger partial charge in [0.15, 0.2) is 0 Å². The van der Waals surface area contributed by atoms with E-state index in [0.29, 0.717) is 0 Å². The number of aromatic nitrogens is 1. The van der Waals surface area contributed by atoms with Crippen molar-refractivity contribution in [1.29, 1.82) is 0 Å². The molecule has 1 fully saturated rings. The maximum absolute atomic E-state index is 5.34. The molecular weight excluding hydrogens is 150 g/mol. The zero-order valence-corrected chi connectivity index (χ0v) is 6.92. The first-order valence-corrected chi connectivity index (χ1v) is 4.55. The molecule has 0 aromatic carbocycles. The van der Waals surface area contributed by atoms with Crippen LogP contribution in [0.4, 0.5) is 0 Å². The molecule has 0 spiro atoms. The first-order chi connectivity index (χ1) is 5.93. The molecule has 3 rings (SSSR count). The van der Waals surface area contributed by atoms with Gasteiger partial charge in [0.25, 0.3) is 0 Å². The maximum atomic E-state index is 5.34. The number of nitrogens with zero attached hydrogens (tertiary/aromatic N) is 1. The first-order valence-electron chi connectivity index (χ1n) is 4.55. The molecule has 1 aromatic heterocycles. The van der Waals surface area contributed by atoms with Crippen molar-refractivity contribution < 1.29 is 4.74 Å². The van der Waals surface area contributed by atoms with Gasteiger partial charge in [0, 0.05) is 18.2 Å². The van der Waals surface area contributed by atoms with Crippen LogP contribution < -0.4 is 4.74 Å². The Morgan fingerprint density at radius 3 is 3.17 bits per heavy atom. The molecule has 1 saturated carbocycles. The second kappa shape index (κ2) is 2.22. The molecule has 0 atom stereocenters. The lowest BCUT2D eigenvalue weighted by Gasteiger charge is -2.00. The van der Waals surface area contributed by atoms with Crippen LogP contribution in [0, 0.1) is 0 Å². The summed E-state index contributed by atoms with van der Waals surface area (Å²) in [7, 11) is 0. The summed E-state index contributed by atoms with van der Waals surface area (Å²) < 4.78 is 5.34. The summed E-state index contributed by atoms with van der Waals surface area (Å²) in [6.07, 6.45) is 5.72. The van der Waals surface area contributed by atoms with Gasteiger partial charge in [0.2, 0.25) is 5.88 Å². The van der Waals surface area contributed by atoms with Crippen molar-refractivity contribution in [3.63, 3.8) is 0 Å². The molecule has 2 aliphatic rings. The average Bonchev–Trinajstić information content (AvgIpc) is 2.84. The minimum Gasteiger partial charge on any atom is -0.477 e. The minimum absolute atomic E-state index is 0.809. The molecule has 0 N–H and O–H groups in total. The van der Waals surface area contributed by atoms with E-state index in [1.165, 1.54) is 24.0 Å². The van der Waals surface area contributed by atoms with Gasteiger partial charge in [0.1, 0.15) is 0 Å². The summed E-state index contributed by atoms with van der Waals surface area (Å²) in [4.78, 5) is 4.30. The normalized spacial score (nSPS) is 20.3. The molecule has 0 amide bonds. The Bertz CT molecular complexity index is 318. The highest BCUT2D eigenvalue weighted by Crippen LogP contribution is 2.41. The van der Waals surface area contributed by atoms with E-state index in [1.54, 1.807) is 0 Å². The van der Waals surface area contributed by atoms with E-state index in [9.17, 15) is 0 Å². The van der Waals surface area contributed by atoms with Crippen LogP contribution >= 0.6 is 0 Å². The zero-order valence-electron chi connectivity index (χ0n) is 6.92. The van der Waals surface area contributed by atoms with Crippen LogP contribution in [-0.4, -0.2) is 11.6 Å². The van der Waals surface area contributed by atoms with Gasteiger partial charge in [-0.25, -0.2) is 4.98 Å². The van der Waals surface area contributed by atoms with Crippen LogP contribution in [-0.2, 0) is 6.42 Å². The number of fused-ring (bicyclic) bond motifs is 1. The smallest absolute Gasteiger partial charge is 0.216 e. The molecule has 2 heterocycles. The fraction of sp³-hybridized carbons (Fsp3) is 0.500. The van der Waals surface area contributed by atoms with E-state index >= 15 is 0 Å². The van der Waals surface area contributed by atoms with Crippen molar-refractivity contribution in [2.45, 2.75) is 25.2 Å². The van der Waals surface area contributed by atoms with Crippen molar-refractivity contribution in [3.8, 4) is 5.88 Å². The van der Waals surface area contributed by atoms with Crippen LogP contribution in [0.15, 0.2) is 12.3 Å². The van der Waals surface area contributed by atoms with Gasteiger partial charge in [-0.1, -0.05) is 0 Å². The second-order valence-electron chi connectivity index (χ2n) is 3.61. The topological polar surface area (TPSA) is 22.1 Å². The molecule has 0 saturated heterocycles. The van der Waals surface area contributed by atoms with Gasteiger partial charge >= 0.3 is 0 Å². The lowest BCUT2D eigenvalue weighted by atomic mass is 10.1. The third kappa shape index (κ3) is 0.909. The number of ether oxygens (including phenoxy) is 1. The van der Waals surface area contributed by atoms with E-state index in [2.05, 4.69) is 11.1 Å². The monoisotopic (exact) mass is 161 g/mol. The van der Waals surface area contributed by atoms with Crippen LogP contribution in [0.1, 0.15) is 29.9 Å². The number of hydrogen-bond donors (Lipinski definition) is 0. The average molecular weight is 161 g/mol. The molecule has 1 aromatic rings. The molecule has 0 radical (unpaired) electrons. The van der Waals surface area contributed by atoms with Crippen LogP contribution in [0.3, 0.4) is 0 Å². The number of pyridine rings is 1. The van der Waals surface area contributed by atoms with Crippen LogP contribution in [0.2, 0.25) is 0 Å². The molecule has 62 valence electrons. The van der Waals surface area contributed by atoms with Crippen LogP contribution in [0.5, 0.6) is 5.88 Å². The van der Waals surface area contributed by atoms with Gasteiger partial charge in [-0.05, 0) is 30.4 Å². The molecule has 2 heteroatoms. The second-order valence-corrected chi connectivity index (χ2v) is 3.61. The summed E-state index contributed by atoms with van der Waals surface area (Å²) in [6.45, 7) is 0.816. The van der Waals surface area contributed by atoms with Gasteiger partial charge in [-0.15, -0.1) is 0 Å². The predicted molar refractivity (Wildman–Crippen MR) is 45.4 cm³/mol. The minimum atomic E-state index is 0.809. The Morgan fingerprint density at radius 1 is 1.42 bits per heavy atom. The number of rotatable bonds is 1. The summed E-state index contributed by atoms with van der Waals surface area (Å²) >= 11 is 0. The fourth-order valence-electron chi connectivity index (χ4n) is 1.72. The molecule has 0 bridgehead atoms. The lowest BCUT2D eigenvalue weighted by molar-refractivity contribution is 0.344. The molecule has 2 nitrogen and oxygen atoms in total. The summed E-state index contributed by atoms with van der Waals surface area (Å²) in [6, 6.07) is 2.27. The van der Waals surface area contributed by atoms with Crippen molar-refractivity contribution in [2.75, 3.05) is 6.61 Å². The molecule has 0 unspecified atom stereocenters. The molecule has 12 heavy (non-hydrogen) atoms. The lowest BCUT2D eigenvalue weighted by Crippen LogP contribution is -1.88. The van der Waals surface area contributed by atoms with E-state index < -0.39 is 0 Å². The Hall–Kier alpha value is -1.05. The van der Waals surface area contributed by atoms with Gasteiger partial charge in [-0.2, -0.15) is 0 Å². The fourth-order valence-corrected chi connectivity index (χ4v) is 1.72. The molecular formula is C10H11NO. The van der Waals surface area contributed by atoms with Gasteiger partial charge < -0.3 is 4.74 Å². The van der Waals surface area contributed by atoms with Crippen molar-refractivity contribution in [2.24, 2.45) is 0 Å². The molecule has 1 aliphatic heterocycles. The predicted octanol–water partition coefficient (Wildman–Crippen LogP) is 1.89. The first kappa shape index (κ1) is 6.46. The maximum Gasteiger partial charge on any atom is 0.216 e. The Balaban J connectivity index is 2.03. The molecule has 1 aliphatic carbocycles. The highest BCUT2D eigenvalue weighted by molar-refractivity contribution is 5.35. The number of hydrogen-bond acceptors (Lipinski definition) is 2. The Kier molecular flexibility index (Phi) is 1.20.